The maximum atomic E-state index is 12.9. The lowest BCUT2D eigenvalue weighted by Gasteiger charge is -2.26. The Hall–Kier alpha value is -1.93. The zero-order chi connectivity index (χ0) is 21.7. The van der Waals surface area contributed by atoms with Crippen LogP contribution in [0.4, 0.5) is 0 Å². The number of nitrogens with one attached hydrogen (secondary N) is 1. The minimum Gasteiger partial charge on any atom is -0.449 e. The van der Waals surface area contributed by atoms with Crippen molar-refractivity contribution in [2.75, 3.05) is 13.1 Å². The summed E-state index contributed by atoms with van der Waals surface area (Å²) in [6.45, 7) is 4.25. The first-order chi connectivity index (χ1) is 14.3. The molecule has 0 unspecified atom stereocenters. The average molecular weight is 437 g/mol. The number of benzene rings is 1. The second kappa shape index (κ2) is 9.92. The molecule has 1 aliphatic heterocycles. The zero-order valence-corrected chi connectivity index (χ0v) is 18.7. The summed E-state index contributed by atoms with van der Waals surface area (Å²) in [5, 5.41) is 2.95. The number of sulfonamides is 1. The molecule has 30 heavy (non-hydrogen) atoms. The molecule has 1 aliphatic carbocycles. The summed E-state index contributed by atoms with van der Waals surface area (Å²) in [4.78, 5) is 25.2. The number of rotatable bonds is 6. The molecule has 7 nitrogen and oxygen atoms in total. The molecule has 2 fully saturated rings. The highest BCUT2D eigenvalue weighted by molar-refractivity contribution is 7.89. The highest BCUT2D eigenvalue weighted by atomic mass is 32.2. The molecule has 0 spiro atoms. The van der Waals surface area contributed by atoms with E-state index in [1.165, 1.54) is 22.9 Å². The van der Waals surface area contributed by atoms with Crippen molar-refractivity contribution >= 4 is 21.9 Å². The molecule has 1 saturated carbocycles. The van der Waals surface area contributed by atoms with E-state index in [9.17, 15) is 18.0 Å². The lowest BCUT2D eigenvalue weighted by Crippen LogP contribution is -2.42. The van der Waals surface area contributed by atoms with Crippen molar-refractivity contribution in [3.05, 3.63) is 29.3 Å². The number of carbonyl (C=O) groups excluding carboxylic acids is 2. The summed E-state index contributed by atoms with van der Waals surface area (Å²) < 4.78 is 32.7. The zero-order valence-electron chi connectivity index (χ0n) is 17.9. The van der Waals surface area contributed by atoms with Gasteiger partial charge in [-0.3, -0.25) is 4.79 Å². The van der Waals surface area contributed by atoms with Crippen LogP contribution in [0.2, 0.25) is 0 Å². The van der Waals surface area contributed by atoms with Crippen LogP contribution < -0.4 is 5.32 Å². The van der Waals surface area contributed by atoms with E-state index in [-0.39, 0.29) is 22.4 Å². The van der Waals surface area contributed by atoms with Crippen molar-refractivity contribution in [2.45, 2.75) is 82.3 Å². The van der Waals surface area contributed by atoms with Gasteiger partial charge in [-0.25, -0.2) is 13.2 Å². The van der Waals surface area contributed by atoms with E-state index in [0.717, 1.165) is 44.9 Å². The lowest BCUT2D eigenvalue weighted by molar-refractivity contribution is -0.130. The third-order valence-electron chi connectivity index (χ3n) is 5.99. The molecule has 0 bridgehead atoms. The molecule has 2 aliphatic rings. The molecule has 0 aromatic heterocycles. The van der Waals surface area contributed by atoms with Crippen molar-refractivity contribution in [2.24, 2.45) is 0 Å². The Labute approximate surface area is 179 Å². The van der Waals surface area contributed by atoms with Crippen LogP contribution in [0.25, 0.3) is 0 Å². The maximum Gasteiger partial charge on any atom is 0.339 e. The molecule has 1 heterocycles. The highest BCUT2D eigenvalue weighted by Gasteiger charge is 2.28. The SMILES string of the molecule is Cc1ccc(S(=O)(=O)N2CCCCC2)cc1C(=O)O[C@H](C)C(=O)NC1CCCCC1. The van der Waals surface area contributed by atoms with Crippen LogP contribution in [-0.2, 0) is 19.6 Å². The van der Waals surface area contributed by atoms with Gasteiger partial charge in [0.15, 0.2) is 6.10 Å². The van der Waals surface area contributed by atoms with Gasteiger partial charge in [-0.1, -0.05) is 31.7 Å². The Morgan fingerprint density at radius 1 is 1.07 bits per heavy atom. The Bertz CT molecular complexity index is 872. The highest BCUT2D eigenvalue weighted by Crippen LogP contribution is 2.23. The quantitative estimate of drug-likeness (QED) is 0.692. The van der Waals surface area contributed by atoms with E-state index in [1.807, 2.05) is 0 Å². The molecular weight excluding hydrogens is 404 g/mol. The third-order valence-corrected chi connectivity index (χ3v) is 7.88. The number of ether oxygens (including phenoxy) is 1. The largest absolute Gasteiger partial charge is 0.449 e. The molecule has 166 valence electrons. The summed E-state index contributed by atoms with van der Waals surface area (Å²) in [7, 11) is -3.65. The van der Waals surface area contributed by atoms with Gasteiger partial charge in [-0.15, -0.1) is 0 Å². The smallest absolute Gasteiger partial charge is 0.339 e. The lowest BCUT2D eigenvalue weighted by atomic mass is 9.95. The van der Waals surface area contributed by atoms with Crippen molar-refractivity contribution in [3.63, 3.8) is 0 Å². The first-order valence-electron chi connectivity index (χ1n) is 10.9. The second-order valence-electron chi connectivity index (χ2n) is 8.33. The van der Waals surface area contributed by atoms with Gasteiger partial charge < -0.3 is 10.1 Å². The van der Waals surface area contributed by atoms with Crippen LogP contribution >= 0.6 is 0 Å². The number of hydrogen-bond acceptors (Lipinski definition) is 5. The minimum atomic E-state index is -3.65. The monoisotopic (exact) mass is 436 g/mol. The standard InChI is InChI=1S/C22H32N2O5S/c1-16-11-12-19(30(27,28)24-13-7-4-8-14-24)15-20(16)22(26)29-17(2)21(25)23-18-9-5-3-6-10-18/h11-12,15,17-18H,3-10,13-14H2,1-2H3,(H,23,25)/t17-/m1/s1. The van der Waals surface area contributed by atoms with Gasteiger partial charge in [0, 0.05) is 19.1 Å². The Morgan fingerprint density at radius 2 is 1.70 bits per heavy atom. The normalized spacial score (nSPS) is 19.8. The number of piperidine rings is 1. The van der Waals surface area contributed by atoms with Crippen molar-refractivity contribution < 1.29 is 22.7 Å². The van der Waals surface area contributed by atoms with Gasteiger partial charge in [-0.2, -0.15) is 4.31 Å². The summed E-state index contributed by atoms with van der Waals surface area (Å²) >= 11 is 0. The molecule has 1 aromatic rings. The van der Waals surface area contributed by atoms with Gasteiger partial charge >= 0.3 is 5.97 Å². The van der Waals surface area contributed by atoms with E-state index in [1.54, 1.807) is 19.9 Å². The summed E-state index contributed by atoms with van der Waals surface area (Å²) in [5.41, 5.74) is 0.780. The maximum absolute atomic E-state index is 12.9. The van der Waals surface area contributed by atoms with E-state index in [2.05, 4.69) is 5.32 Å². The van der Waals surface area contributed by atoms with Crippen LogP contribution in [0.15, 0.2) is 23.1 Å². The van der Waals surface area contributed by atoms with Crippen molar-refractivity contribution in [3.8, 4) is 0 Å². The van der Waals surface area contributed by atoms with Gasteiger partial charge in [0.1, 0.15) is 0 Å². The predicted molar refractivity (Wildman–Crippen MR) is 114 cm³/mol. The molecule has 8 heteroatoms. The molecule has 1 amide bonds. The van der Waals surface area contributed by atoms with Crippen LogP contribution in [0.3, 0.4) is 0 Å². The van der Waals surface area contributed by atoms with Crippen LogP contribution in [0, 0.1) is 6.92 Å². The van der Waals surface area contributed by atoms with E-state index in [4.69, 9.17) is 4.74 Å². The van der Waals surface area contributed by atoms with Gasteiger partial charge in [0.05, 0.1) is 10.5 Å². The number of aryl methyl sites for hydroxylation is 1. The molecule has 0 radical (unpaired) electrons. The summed E-state index contributed by atoms with van der Waals surface area (Å²) in [6, 6.07) is 4.63. The van der Waals surface area contributed by atoms with Crippen LogP contribution in [0.5, 0.6) is 0 Å². The molecule has 1 saturated heterocycles. The average Bonchev–Trinajstić information content (AvgIpc) is 2.75. The molecule has 1 aromatic carbocycles. The van der Waals surface area contributed by atoms with Gasteiger partial charge in [0.2, 0.25) is 10.0 Å². The number of amides is 1. The number of carbonyl (C=O) groups is 2. The second-order valence-corrected chi connectivity index (χ2v) is 10.3. The number of nitrogens with zero attached hydrogens (tertiary/aromatic N) is 1. The first kappa shape index (κ1) is 22.7. The summed E-state index contributed by atoms with van der Waals surface area (Å²) in [5.74, 6) is -1.00. The molecule has 1 atom stereocenters. The molecule has 1 N–H and O–H groups in total. The number of hydrogen-bond donors (Lipinski definition) is 1. The minimum absolute atomic E-state index is 0.0845. The summed E-state index contributed by atoms with van der Waals surface area (Å²) in [6.07, 6.45) is 7.03. The van der Waals surface area contributed by atoms with Crippen LogP contribution in [0.1, 0.15) is 74.2 Å². The first-order valence-corrected chi connectivity index (χ1v) is 12.3. The van der Waals surface area contributed by atoms with E-state index >= 15 is 0 Å². The Morgan fingerprint density at radius 3 is 2.37 bits per heavy atom. The fraction of sp³-hybridized carbons (Fsp3) is 0.636. The number of esters is 1. The van der Waals surface area contributed by atoms with Gasteiger partial charge in [0.25, 0.3) is 5.91 Å². The Kier molecular flexibility index (Phi) is 7.52. The van der Waals surface area contributed by atoms with E-state index in [0.29, 0.717) is 18.7 Å². The Balaban J connectivity index is 1.69. The van der Waals surface area contributed by atoms with Crippen molar-refractivity contribution in [1.82, 2.24) is 9.62 Å². The molecule has 3 rings (SSSR count). The predicted octanol–water partition coefficient (Wildman–Crippen LogP) is 3.16. The fourth-order valence-electron chi connectivity index (χ4n) is 4.08. The van der Waals surface area contributed by atoms with Crippen LogP contribution in [-0.4, -0.2) is 49.8 Å². The van der Waals surface area contributed by atoms with E-state index < -0.39 is 22.1 Å². The fourth-order valence-corrected chi connectivity index (χ4v) is 5.62. The van der Waals surface area contributed by atoms with Gasteiger partial charge in [-0.05, 0) is 57.2 Å². The topological polar surface area (TPSA) is 92.8 Å². The molecular formula is C22H32N2O5S. The third kappa shape index (κ3) is 5.40. The van der Waals surface area contributed by atoms with Crippen molar-refractivity contribution in [1.29, 1.82) is 0 Å².